The van der Waals surface area contributed by atoms with Crippen LogP contribution < -0.4 is 9.62 Å². The molecule has 0 radical (unpaired) electrons. The van der Waals surface area contributed by atoms with Crippen LogP contribution in [0.1, 0.15) is 24.4 Å². The monoisotopic (exact) mass is 413 g/mol. The van der Waals surface area contributed by atoms with Gasteiger partial charge in [-0.3, -0.25) is 4.98 Å². The van der Waals surface area contributed by atoms with Crippen LogP contribution in [0, 0.1) is 5.92 Å². The average Bonchev–Trinajstić information content (AvgIpc) is 2.62. The van der Waals surface area contributed by atoms with E-state index in [0.717, 1.165) is 37.2 Å². The zero-order chi connectivity index (χ0) is 18.7. The molecule has 5 nitrogen and oxygen atoms in total. The summed E-state index contributed by atoms with van der Waals surface area (Å²) in [6.45, 7) is 1.65. The Labute approximate surface area is 164 Å². The molecule has 2 aromatic rings. The highest BCUT2D eigenvalue weighted by molar-refractivity contribution is 7.88. The second-order valence-electron chi connectivity index (χ2n) is 6.58. The Bertz CT molecular complexity index is 854. The van der Waals surface area contributed by atoms with Crippen LogP contribution in [0.3, 0.4) is 0 Å². The van der Waals surface area contributed by atoms with Gasteiger partial charge in [-0.1, -0.05) is 29.3 Å². The van der Waals surface area contributed by atoms with E-state index in [-0.39, 0.29) is 12.0 Å². The molecule has 1 aromatic carbocycles. The molecule has 1 N–H and O–H groups in total. The van der Waals surface area contributed by atoms with Crippen molar-refractivity contribution < 1.29 is 8.42 Å². The third-order valence-corrected chi connectivity index (χ3v) is 6.09. The van der Waals surface area contributed by atoms with Crippen molar-refractivity contribution in [2.45, 2.75) is 18.9 Å². The van der Waals surface area contributed by atoms with Crippen molar-refractivity contribution in [3.8, 4) is 0 Å². The molecule has 0 unspecified atom stereocenters. The normalized spacial score (nSPS) is 17.3. The van der Waals surface area contributed by atoms with Gasteiger partial charge in [0.1, 0.15) is 0 Å². The molecule has 1 saturated heterocycles. The van der Waals surface area contributed by atoms with Gasteiger partial charge in [0, 0.05) is 31.2 Å². The minimum Gasteiger partial charge on any atom is -0.371 e. The summed E-state index contributed by atoms with van der Waals surface area (Å²) in [5, 5.41) is 1.08. The topological polar surface area (TPSA) is 62.3 Å². The maximum absolute atomic E-state index is 11.8. The Hall–Kier alpha value is -1.34. The fraction of sp³-hybridized carbons (Fsp3) is 0.389. The van der Waals surface area contributed by atoms with Gasteiger partial charge >= 0.3 is 0 Å². The van der Waals surface area contributed by atoms with E-state index in [4.69, 9.17) is 23.2 Å². The number of anilines is 1. The number of aromatic nitrogens is 1. The number of hydrogen-bond donors (Lipinski definition) is 1. The first-order chi connectivity index (χ1) is 12.3. The van der Waals surface area contributed by atoms with Crippen LogP contribution in [-0.2, 0) is 10.0 Å². The van der Waals surface area contributed by atoms with E-state index in [9.17, 15) is 8.42 Å². The molecule has 1 aliphatic heterocycles. The van der Waals surface area contributed by atoms with Gasteiger partial charge in [0.25, 0.3) is 0 Å². The molecule has 1 aromatic heterocycles. The van der Waals surface area contributed by atoms with E-state index in [1.807, 2.05) is 24.3 Å². The summed E-state index contributed by atoms with van der Waals surface area (Å²) in [6.07, 6.45) is 6.34. The molecule has 8 heteroatoms. The van der Waals surface area contributed by atoms with E-state index in [1.54, 1.807) is 18.5 Å². The number of halogens is 2. The van der Waals surface area contributed by atoms with Crippen LogP contribution in [0.25, 0.3) is 0 Å². The Balaban J connectivity index is 1.74. The summed E-state index contributed by atoms with van der Waals surface area (Å²) >= 11 is 12.1. The number of nitrogens with one attached hydrogen (secondary N) is 1. The third-order valence-electron chi connectivity index (χ3n) is 4.66. The maximum atomic E-state index is 11.8. The molecular formula is C18H21Cl2N3O2S. The molecule has 3 rings (SSSR count). The van der Waals surface area contributed by atoms with Crippen molar-refractivity contribution in [1.82, 2.24) is 9.71 Å². The average molecular weight is 414 g/mol. The summed E-state index contributed by atoms with van der Waals surface area (Å²) in [5.74, 6) is 0.202. The minimum absolute atomic E-state index is 0.202. The van der Waals surface area contributed by atoms with Crippen LogP contribution in [0.5, 0.6) is 0 Å². The van der Waals surface area contributed by atoms with Crippen LogP contribution in [0.15, 0.2) is 42.7 Å². The lowest BCUT2D eigenvalue weighted by Crippen LogP contribution is -2.40. The zero-order valence-electron chi connectivity index (χ0n) is 14.4. The molecule has 140 valence electrons. The molecule has 0 saturated carbocycles. The number of sulfonamides is 1. The predicted molar refractivity (Wildman–Crippen MR) is 106 cm³/mol. The maximum Gasteiger partial charge on any atom is 0.209 e. The second-order valence-corrected chi connectivity index (χ2v) is 9.17. The minimum atomic E-state index is -3.32. The summed E-state index contributed by atoms with van der Waals surface area (Å²) in [7, 11) is -3.32. The lowest BCUT2D eigenvalue weighted by Gasteiger charge is -2.37. The molecule has 1 aliphatic rings. The van der Waals surface area contributed by atoms with E-state index in [0.29, 0.717) is 10.0 Å². The Morgan fingerprint density at radius 3 is 2.50 bits per heavy atom. The van der Waals surface area contributed by atoms with Gasteiger partial charge in [0.15, 0.2) is 0 Å². The van der Waals surface area contributed by atoms with Crippen LogP contribution in [-0.4, -0.2) is 32.7 Å². The fourth-order valence-electron chi connectivity index (χ4n) is 3.40. The Morgan fingerprint density at radius 1 is 1.19 bits per heavy atom. The molecule has 0 bridgehead atoms. The number of nitrogens with zero attached hydrogens (tertiary/aromatic N) is 2. The van der Waals surface area contributed by atoms with Gasteiger partial charge in [-0.25, -0.2) is 13.1 Å². The third kappa shape index (κ3) is 4.88. The van der Waals surface area contributed by atoms with Crippen molar-refractivity contribution in [1.29, 1.82) is 0 Å². The molecule has 26 heavy (non-hydrogen) atoms. The number of hydrogen-bond acceptors (Lipinski definition) is 4. The van der Waals surface area contributed by atoms with Crippen molar-refractivity contribution in [2.24, 2.45) is 5.92 Å². The van der Waals surface area contributed by atoms with E-state index in [2.05, 4.69) is 14.6 Å². The summed E-state index contributed by atoms with van der Waals surface area (Å²) in [6, 6.07) is 9.11. The Morgan fingerprint density at radius 2 is 1.92 bits per heavy atom. The SMILES string of the molecule is CS(=O)(=O)N[C@@H](c1cccnc1)C1CCN(c2ccc(Cl)c(Cl)c2)CC1. The number of piperidine rings is 1. The van der Waals surface area contributed by atoms with Gasteiger partial charge in [-0.05, 0) is 48.6 Å². The van der Waals surface area contributed by atoms with Crippen molar-refractivity contribution in [3.05, 3.63) is 58.3 Å². The van der Waals surface area contributed by atoms with E-state index >= 15 is 0 Å². The summed E-state index contributed by atoms with van der Waals surface area (Å²) < 4.78 is 26.5. The molecule has 0 aliphatic carbocycles. The summed E-state index contributed by atoms with van der Waals surface area (Å²) in [4.78, 5) is 6.39. The number of rotatable bonds is 5. The van der Waals surface area contributed by atoms with Crippen LogP contribution in [0.4, 0.5) is 5.69 Å². The predicted octanol–water partition coefficient (Wildman–Crippen LogP) is 3.90. The lowest BCUT2D eigenvalue weighted by molar-refractivity contribution is 0.327. The summed E-state index contributed by atoms with van der Waals surface area (Å²) in [5.41, 5.74) is 1.93. The Kier molecular flexibility index (Phi) is 6.07. The van der Waals surface area contributed by atoms with E-state index in [1.165, 1.54) is 6.26 Å². The van der Waals surface area contributed by atoms with Gasteiger partial charge in [-0.15, -0.1) is 0 Å². The standard InChI is InChI=1S/C18H21Cl2N3O2S/c1-26(24,25)22-18(14-3-2-8-21-12-14)13-6-9-23(10-7-13)15-4-5-16(19)17(20)11-15/h2-5,8,11-13,18,22H,6-7,9-10H2,1H3/t18-/m1/s1. The van der Waals surface area contributed by atoms with Crippen molar-refractivity contribution in [3.63, 3.8) is 0 Å². The highest BCUT2D eigenvalue weighted by Gasteiger charge is 2.30. The van der Waals surface area contributed by atoms with E-state index < -0.39 is 10.0 Å². The number of benzene rings is 1. The van der Waals surface area contributed by atoms with Crippen molar-refractivity contribution in [2.75, 3.05) is 24.2 Å². The first-order valence-corrected chi connectivity index (χ1v) is 11.1. The van der Waals surface area contributed by atoms with Gasteiger partial charge in [-0.2, -0.15) is 0 Å². The molecular weight excluding hydrogens is 393 g/mol. The molecule has 2 heterocycles. The molecule has 0 spiro atoms. The van der Waals surface area contributed by atoms with Gasteiger partial charge in [0.05, 0.1) is 22.3 Å². The number of pyridine rings is 1. The highest BCUT2D eigenvalue weighted by atomic mass is 35.5. The quantitative estimate of drug-likeness (QED) is 0.806. The first kappa shape index (κ1) is 19.4. The molecule has 1 fully saturated rings. The smallest absolute Gasteiger partial charge is 0.209 e. The van der Waals surface area contributed by atoms with Gasteiger partial charge in [0.2, 0.25) is 10.0 Å². The molecule has 0 amide bonds. The highest BCUT2D eigenvalue weighted by Crippen LogP contribution is 2.34. The molecule has 1 atom stereocenters. The van der Waals surface area contributed by atoms with Crippen molar-refractivity contribution >= 4 is 38.9 Å². The lowest BCUT2D eigenvalue weighted by atomic mass is 9.86. The van der Waals surface area contributed by atoms with Gasteiger partial charge < -0.3 is 4.90 Å². The zero-order valence-corrected chi connectivity index (χ0v) is 16.7. The largest absolute Gasteiger partial charge is 0.371 e. The first-order valence-electron chi connectivity index (χ1n) is 8.41. The van der Waals surface area contributed by atoms with Crippen LogP contribution in [0.2, 0.25) is 10.0 Å². The second kappa shape index (κ2) is 8.13. The fourth-order valence-corrected chi connectivity index (χ4v) is 4.48. The van der Waals surface area contributed by atoms with Crippen LogP contribution >= 0.6 is 23.2 Å².